The van der Waals surface area contributed by atoms with E-state index in [0.717, 1.165) is 9.81 Å². The van der Waals surface area contributed by atoms with Crippen molar-refractivity contribution in [1.29, 1.82) is 0 Å². The van der Waals surface area contributed by atoms with Crippen molar-refractivity contribution in [3.8, 4) is 23.7 Å². The van der Waals surface area contributed by atoms with Crippen LogP contribution in [0.4, 0.5) is 0 Å². The van der Waals surface area contributed by atoms with Crippen LogP contribution >= 0.6 is 23.5 Å². The van der Waals surface area contributed by atoms with Crippen LogP contribution in [0, 0.1) is 23.7 Å². The summed E-state index contributed by atoms with van der Waals surface area (Å²) in [5.41, 5.74) is 0. The minimum atomic E-state index is 0.164. The Bertz CT molecular complexity index is 438. The van der Waals surface area contributed by atoms with E-state index in [1.54, 1.807) is 23.5 Å². The molecule has 0 aromatic heterocycles. The van der Waals surface area contributed by atoms with Crippen LogP contribution in [-0.4, -0.2) is 9.49 Å². The average molecular weight is 307 g/mol. The predicted molar refractivity (Wildman–Crippen MR) is 97.8 cm³/mol. The number of hydrogen-bond donors (Lipinski definition) is 0. The highest BCUT2D eigenvalue weighted by molar-refractivity contribution is 8.05. The van der Waals surface area contributed by atoms with Crippen LogP contribution in [0.5, 0.6) is 0 Å². The van der Waals surface area contributed by atoms with Crippen molar-refractivity contribution in [3.63, 3.8) is 0 Å². The third-order valence-electron chi connectivity index (χ3n) is 1.71. The number of hydrogen-bond acceptors (Lipinski definition) is 2. The monoisotopic (exact) mass is 306 g/mol. The maximum Gasteiger partial charge on any atom is 0.0579 e. The Labute approximate surface area is 134 Å². The predicted octanol–water partition coefficient (Wildman–Crippen LogP) is 5.86. The lowest BCUT2D eigenvalue weighted by Crippen LogP contribution is -2.07. The zero-order chi connectivity index (χ0) is 15.8. The molecule has 0 N–H and O–H groups in total. The second-order valence-corrected chi connectivity index (χ2v) is 9.98. The van der Waals surface area contributed by atoms with Crippen LogP contribution in [0.15, 0.2) is 22.0 Å². The van der Waals surface area contributed by atoms with Gasteiger partial charge in [0, 0.05) is 9.49 Å². The van der Waals surface area contributed by atoms with E-state index in [9.17, 15) is 0 Å². The largest absolute Gasteiger partial charge is 0.111 e. The van der Waals surface area contributed by atoms with Gasteiger partial charge in [0.1, 0.15) is 0 Å². The quantitative estimate of drug-likeness (QED) is 0.473. The van der Waals surface area contributed by atoms with Crippen molar-refractivity contribution in [2.75, 3.05) is 0 Å². The highest BCUT2D eigenvalue weighted by atomic mass is 32.2. The van der Waals surface area contributed by atoms with Gasteiger partial charge in [0.25, 0.3) is 0 Å². The molecule has 0 aliphatic carbocycles. The van der Waals surface area contributed by atoms with Crippen LogP contribution in [0.3, 0.4) is 0 Å². The van der Waals surface area contributed by atoms with E-state index in [1.165, 1.54) is 0 Å². The van der Waals surface area contributed by atoms with Gasteiger partial charge >= 0.3 is 0 Å². The van der Waals surface area contributed by atoms with Crippen molar-refractivity contribution >= 4 is 23.5 Å². The second-order valence-electron chi connectivity index (χ2n) is 6.24. The van der Waals surface area contributed by atoms with Crippen molar-refractivity contribution in [2.24, 2.45) is 0 Å². The van der Waals surface area contributed by atoms with Gasteiger partial charge in [0.2, 0.25) is 0 Å². The first-order valence-electron chi connectivity index (χ1n) is 6.73. The number of thioether (sulfide) groups is 2. The molecule has 0 nitrogen and oxygen atoms in total. The lowest BCUT2D eigenvalue weighted by atomic mass is 10.3. The Hall–Kier alpha value is -0.700. The molecule has 0 aromatic rings. The Balaban J connectivity index is 5.29. The molecule has 20 heavy (non-hydrogen) atoms. The molecular weight excluding hydrogens is 280 g/mol. The fourth-order valence-corrected chi connectivity index (χ4v) is 3.16. The summed E-state index contributed by atoms with van der Waals surface area (Å²) >= 11 is 3.58. The molecule has 0 atom stereocenters. The van der Waals surface area contributed by atoms with Crippen molar-refractivity contribution in [3.05, 3.63) is 22.0 Å². The molecule has 0 amide bonds. The van der Waals surface area contributed by atoms with Crippen LogP contribution in [-0.2, 0) is 0 Å². The first-order valence-corrected chi connectivity index (χ1v) is 8.36. The lowest BCUT2D eigenvalue weighted by Gasteiger charge is -2.18. The average Bonchev–Trinajstić information content (AvgIpc) is 2.22. The fraction of sp³-hybridized carbons (Fsp3) is 0.556. The fourth-order valence-electron chi connectivity index (χ4n) is 1.26. The van der Waals surface area contributed by atoms with Crippen LogP contribution in [0.2, 0.25) is 0 Å². The second kappa shape index (κ2) is 8.56. The first-order chi connectivity index (χ1) is 9.07. The SMILES string of the molecule is CC#C/C(=C/C=C(/C#CC)SC(C)(C)C)SC(C)(C)C. The van der Waals surface area contributed by atoms with E-state index in [4.69, 9.17) is 0 Å². The van der Waals surface area contributed by atoms with Gasteiger partial charge in [-0.3, -0.25) is 0 Å². The molecule has 0 spiro atoms. The van der Waals surface area contributed by atoms with E-state index in [-0.39, 0.29) is 9.49 Å². The first kappa shape index (κ1) is 19.3. The van der Waals surface area contributed by atoms with E-state index < -0.39 is 0 Å². The molecule has 0 unspecified atom stereocenters. The normalized spacial score (nSPS) is 13.2. The van der Waals surface area contributed by atoms with Crippen LogP contribution in [0.1, 0.15) is 55.4 Å². The zero-order valence-corrected chi connectivity index (χ0v) is 15.6. The van der Waals surface area contributed by atoms with Crippen LogP contribution < -0.4 is 0 Å². The van der Waals surface area contributed by atoms with Crippen molar-refractivity contribution < 1.29 is 0 Å². The van der Waals surface area contributed by atoms with Gasteiger partial charge in [-0.1, -0.05) is 53.4 Å². The Morgan fingerprint density at radius 1 is 0.700 bits per heavy atom. The van der Waals surface area contributed by atoms with Gasteiger partial charge < -0.3 is 0 Å². The highest BCUT2D eigenvalue weighted by Gasteiger charge is 2.14. The topological polar surface area (TPSA) is 0 Å². The van der Waals surface area contributed by atoms with Crippen LogP contribution in [0.25, 0.3) is 0 Å². The minimum absolute atomic E-state index is 0.164. The van der Waals surface area contributed by atoms with Gasteiger partial charge in [-0.05, 0) is 26.0 Å². The molecule has 110 valence electrons. The van der Waals surface area contributed by atoms with E-state index in [0.29, 0.717) is 0 Å². The van der Waals surface area contributed by atoms with Gasteiger partial charge in [-0.25, -0.2) is 0 Å². The summed E-state index contributed by atoms with van der Waals surface area (Å²) in [6, 6.07) is 0. The standard InChI is InChI=1S/C18H26S2/c1-9-11-15(19-17(3,4)5)13-14-16(12-10-2)20-18(6,7)8/h13-14H,1-8H3/b15-13-,16-14-. The molecule has 0 rings (SSSR count). The summed E-state index contributed by atoms with van der Waals surface area (Å²) in [4.78, 5) is 2.18. The molecule has 2 heteroatoms. The molecular formula is C18H26S2. The molecule has 0 fully saturated rings. The van der Waals surface area contributed by atoms with Crippen molar-refractivity contribution in [2.45, 2.75) is 64.9 Å². The molecule has 0 radical (unpaired) electrons. The Morgan fingerprint density at radius 2 is 1.00 bits per heavy atom. The van der Waals surface area contributed by atoms with Gasteiger partial charge in [-0.15, -0.1) is 35.4 Å². The summed E-state index contributed by atoms with van der Waals surface area (Å²) in [6.45, 7) is 16.9. The van der Waals surface area contributed by atoms with Gasteiger partial charge in [-0.2, -0.15) is 0 Å². The van der Waals surface area contributed by atoms with Crippen molar-refractivity contribution in [1.82, 2.24) is 0 Å². The molecule has 0 aliphatic rings. The molecule has 0 saturated carbocycles. The molecule has 0 aromatic carbocycles. The molecule has 0 aliphatic heterocycles. The van der Waals surface area contributed by atoms with E-state index in [2.05, 4.69) is 77.4 Å². The third-order valence-corrected chi connectivity index (χ3v) is 3.86. The Kier molecular flexibility index (Phi) is 8.26. The summed E-state index contributed by atoms with van der Waals surface area (Å²) in [5, 5.41) is 0. The molecule has 0 bridgehead atoms. The molecule has 0 saturated heterocycles. The van der Waals surface area contributed by atoms with E-state index in [1.807, 2.05) is 13.8 Å². The van der Waals surface area contributed by atoms with E-state index >= 15 is 0 Å². The highest BCUT2D eigenvalue weighted by Crippen LogP contribution is 2.33. The third kappa shape index (κ3) is 11.2. The summed E-state index contributed by atoms with van der Waals surface area (Å²) in [6.07, 6.45) is 4.18. The number of rotatable bonds is 3. The van der Waals surface area contributed by atoms with Gasteiger partial charge in [0.05, 0.1) is 9.81 Å². The number of allylic oxidation sites excluding steroid dienone is 4. The van der Waals surface area contributed by atoms with Gasteiger partial charge in [0.15, 0.2) is 0 Å². The minimum Gasteiger partial charge on any atom is -0.111 e. The maximum absolute atomic E-state index is 3.17. The Morgan fingerprint density at radius 3 is 1.20 bits per heavy atom. The summed E-state index contributed by atoms with van der Waals surface area (Å²) < 4.78 is 0.328. The zero-order valence-electron chi connectivity index (χ0n) is 14.0. The maximum atomic E-state index is 3.17. The lowest BCUT2D eigenvalue weighted by molar-refractivity contribution is 0.806. The summed E-state index contributed by atoms with van der Waals surface area (Å²) in [7, 11) is 0. The molecule has 0 heterocycles. The summed E-state index contributed by atoms with van der Waals surface area (Å²) in [5.74, 6) is 12.3. The smallest absolute Gasteiger partial charge is 0.0579 e.